The third kappa shape index (κ3) is 3.34. The summed E-state index contributed by atoms with van der Waals surface area (Å²) in [5.74, 6) is -0.802. The summed E-state index contributed by atoms with van der Waals surface area (Å²) in [6, 6.07) is 10.4. The van der Waals surface area contributed by atoms with E-state index in [4.69, 9.17) is 21.8 Å². The fourth-order valence-electron chi connectivity index (χ4n) is 3.51. The van der Waals surface area contributed by atoms with Crippen LogP contribution in [0.1, 0.15) is 23.4 Å². The number of piperidine rings is 1. The predicted octanol–water partition coefficient (Wildman–Crippen LogP) is 3.24. The number of fused-ring (bicyclic) bond motifs is 1. The van der Waals surface area contributed by atoms with Crippen LogP contribution in [0.3, 0.4) is 0 Å². The number of nitrogens with two attached hydrogens (primary N) is 1. The van der Waals surface area contributed by atoms with Gasteiger partial charge in [0.2, 0.25) is 11.7 Å². The van der Waals surface area contributed by atoms with Crippen LogP contribution in [-0.4, -0.2) is 29.9 Å². The number of carbonyl (C=O) groups is 2. The Labute approximate surface area is 166 Å². The molecular weight excluding hydrogens is 380 g/mol. The molecule has 1 aliphatic heterocycles. The first-order chi connectivity index (χ1) is 13.6. The number of hydrogen-bond acceptors (Lipinski definition) is 5. The first-order valence-corrected chi connectivity index (χ1v) is 9.41. The van der Waals surface area contributed by atoms with Crippen molar-refractivity contribution in [2.24, 2.45) is 11.7 Å². The van der Waals surface area contributed by atoms with Gasteiger partial charge in [0.1, 0.15) is 17.1 Å². The maximum atomic E-state index is 13.5. The minimum atomic E-state index is -0.747. The van der Waals surface area contributed by atoms with Crippen LogP contribution in [0.25, 0.3) is 11.0 Å². The third-order valence-electron chi connectivity index (χ3n) is 4.87. The second-order valence-electron chi connectivity index (χ2n) is 6.67. The van der Waals surface area contributed by atoms with E-state index in [2.05, 4.69) is 10.3 Å². The van der Waals surface area contributed by atoms with E-state index in [9.17, 15) is 9.59 Å². The minimum absolute atomic E-state index is 0.0692. The van der Waals surface area contributed by atoms with Crippen LogP contribution < -0.4 is 16.0 Å². The SMILES string of the molecule is NC(=O)c1oc2ccccc2c1N(C(=O)C1CCNCC1)c1ccc(Cl)cn1. The summed E-state index contributed by atoms with van der Waals surface area (Å²) in [4.78, 5) is 31.4. The van der Waals surface area contributed by atoms with Gasteiger partial charge in [-0.15, -0.1) is 0 Å². The number of rotatable bonds is 4. The summed E-state index contributed by atoms with van der Waals surface area (Å²) < 4.78 is 5.69. The Morgan fingerprint density at radius 3 is 2.61 bits per heavy atom. The minimum Gasteiger partial charge on any atom is -0.449 e. The average molecular weight is 399 g/mol. The number of anilines is 2. The number of carbonyl (C=O) groups excluding carboxylic acids is 2. The number of furan rings is 1. The normalized spacial score (nSPS) is 14.9. The van der Waals surface area contributed by atoms with Crippen molar-refractivity contribution < 1.29 is 14.0 Å². The Morgan fingerprint density at radius 1 is 1.18 bits per heavy atom. The molecule has 0 spiro atoms. The standard InChI is InChI=1S/C20H19ClN4O3/c21-13-5-6-16(24-11-13)25(20(27)12-7-9-23-10-8-12)17-14-3-1-2-4-15(14)28-18(17)19(22)26/h1-6,11-12,23H,7-10H2,(H2,22,26). The first kappa shape index (κ1) is 18.5. The Hall–Kier alpha value is -2.90. The zero-order chi connectivity index (χ0) is 19.7. The summed E-state index contributed by atoms with van der Waals surface area (Å²) in [7, 11) is 0. The lowest BCUT2D eigenvalue weighted by molar-refractivity contribution is -0.122. The average Bonchev–Trinajstić information content (AvgIpc) is 3.10. The van der Waals surface area contributed by atoms with E-state index in [1.165, 1.54) is 11.1 Å². The molecule has 0 atom stereocenters. The van der Waals surface area contributed by atoms with E-state index in [0.717, 1.165) is 13.1 Å². The molecule has 3 heterocycles. The maximum absolute atomic E-state index is 13.5. The number of aromatic nitrogens is 1. The molecule has 0 unspecified atom stereocenters. The Bertz CT molecular complexity index is 1030. The molecule has 8 heteroatoms. The van der Waals surface area contributed by atoms with Crippen molar-refractivity contribution >= 4 is 45.9 Å². The molecule has 3 aromatic rings. The van der Waals surface area contributed by atoms with Crippen molar-refractivity contribution in [3.8, 4) is 0 Å². The molecule has 0 saturated carbocycles. The monoisotopic (exact) mass is 398 g/mol. The molecule has 1 fully saturated rings. The number of halogens is 1. The van der Waals surface area contributed by atoms with Crippen molar-refractivity contribution in [3.05, 3.63) is 53.4 Å². The third-order valence-corrected chi connectivity index (χ3v) is 5.09. The summed E-state index contributed by atoms with van der Waals surface area (Å²) in [5, 5.41) is 4.32. The number of benzene rings is 1. The molecule has 3 N–H and O–H groups in total. The number of primary amides is 1. The summed E-state index contributed by atoms with van der Waals surface area (Å²) >= 11 is 5.98. The van der Waals surface area contributed by atoms with Crippen LogP contribution in [-0.2, 0) is 4.79 Å². The summed E-state index contributed by atoms with van der Waals surface area (Å²) in [6.07, 6.45) is 2.86. The molecule has 144 valence electrons. The van der Waals surface area contributed by atoms with Gasteiger partial charge >= 0.3 is 0 Å². The molecule has 0 bridgehead atoms. The number of nitrogens with zero attached hydrogens (tertiary/aromatic N) is 2. The Morgan fingerprint density at radius 2 is 1.93 bits per heavy atom. The largest absolute Gasteiger partial charge is 0.449 e. The highest BCUT2D eigenvalue weighted by Crippen LogP contribution is 2.39. The molecule has 4 rings (SSSR count). The molecule has 0 aliphatic carbocycles. The first-order valence-electron chi connectivity index (χ1n) is 9.04. The molecule has 1 saturated heterocycles. The van der Waals surface area contributed by atoms with Gasteiger partial charge < -0.3 is 15.5 Å². The molecule has 1 aromatic carbocycles. The van der Waals surface area contributed by atoms with Crippen LogP contribution in [0, 0.1) is 5.92 Å². The quantitative estimate of drug-likeness (QED) is 0.702. The zero-order valence-corrected chi connectivity index (χ0v) is 15.8. The highest BCUT2D eigenvalue weighted by Gasteiger charge is 2.34. The van der Waals surface area contributed by atoms with Gasteiger partial charge in [0, 0.05) is 17.5 Å². The lowest BCUT2D eigenvalue weighted by Gasteiger charge is -2.29. The smallest absolute Gasteiger partial charge is 0.286 e. The van der Waals surface area contributed by atoms with E-state index in [-0.39, 0.29) is 17.6 Å². The van der Waals surface area contributed by atoms with E-state index < -0.39 is 5.91 Å². The van der Waals surface area contributed by atoms with Gasteiger partial charge in [0.25, 0.3) is 5.91 Å². The van der Waals surface area contributed by atoms with Crippen LogP contribution in [0.15, 0.2) is 47.0 Å². The van der Waals surface area contributed by atoms with Crippen LogP contribution in [0.2, 0.25) is 5.02 Å². The molecule has 2 amide bonds. The molecule has 7 nitrogen and oxygen atoms in total. The fourth-order valence-corrected chi connectivity index (χ4v) is 3.62. The molecule has 1 aliphatic rings. The van der Waals surface area contributed by atoms with Gasteiger partial charge in [-0.05, 0) is 50.2 Å². The second-order valence-corrected chi connectivity index (χ2v) is 7.11. The van der Waals surface area contributed by atoms with Gasteiger partial charge in [-0.3, -0.25) is 14.5 Å². The lowest BCUT2D eigenvalue weighted by atomic mass is 9.96. The van der Waals surface area contributed by atoms with Gasteiger partial charge in [-0.25, -0.2) is 4.98 Å². The van der Waals surface area contributed by atoms with Gasteiger partial charge in [-0.2, -0.15) is 0 Å². The molecule has 2 aromatic heterocycles. The van der Waals surface area contributed by atoms with Crippen molar-refractivity contribution in [1.82, 2.24) is 10.3 Å². The maximum Gasteiger partial charge on any atom is 0.286 e. The van der Waals surface area contributed by atoms with Crippen LogP contribution in [0.4, 0.5) is 11.5 Å². The van der Waals surface area contributed by atoms with Crippen LogP contribution in [0.5, 0.6) is 0 Å². The highest BCUT2D eigenvalue weighted by atomic mass is 35.5. The topological polar surface area (TPSA) is 101 Å². The van der Waals surface area contributed by atoms with Gasteiger partial charge in [-0.1, -0.05) is 23.7 Å². The Kier molecular flexibility index (Phi) is 5.02. The van der Waals surface area contributed by atoms with Crippen molar-refractivity contribution in [3.63, 3.8) is 0 Å². The van der Waals surface area contributed by atoms with Gasteiger partial charge in [0.15, 0.2) is 0 Å². The summed E-state index contributed by atoms with van der Waals surface area (Å²) in [5.41, 5.74) is 6.37. The highest BCUT2D eigenvalue weighted by molar-refractivity contribution is 6.30. The second kappa shape index (κ2) is 7.61. The van der Waals surface area contributed by atoms with Crippen LogP contribution >= 0.6 is 11.6 Å². The predicted molar refractivity (Wildman–Crippen MR) is 107 cm³/mol. The molecule has 28 heavy (non-hydrogen) atoms. The van der Waals surface area contributed by atoms with Crippen molar-refractivity contribution in [2.45, 2.75) is 12.8 Å². The number of amides is 2. The van der Waals surface area contributed by atoms with E-state index in [1.54, 1.807) is 30.3 Å². The molecular formula is C20H19ClN4O3. The lowest BCUT2D eigenvalue weighted by Crippen LogP contribution is -2.39. The van der Waals surface area contributed by atoms with Gasteiger partial charge in [0.05, 0.1) is 5.02 Å². The Balaban J connectivity index is 1.91. The number of nitrogens with one attached hydrogen (secondary N) is 1. The molecule has 0 radical (unpaired) electrons. The van der Waals surface area contributed by atoms with Crippen molar-refractivity contribution in [2.75, 3.05) is 18.0 Å². The fraction of sp³-hybridized carbons (Fsp3) is 0.250. The number of para-hydroxylation sites is 1. The van der Waals surface area contributed by atoms with Crippen molar-refractivity contribution in [1.29, 1.82) is 0 Å². The summed E-state index contributed by atoms with van der Waals surface area (Å²) in [6.45, 7) is 1.51. The number of pyridine rings is 1. The van der Waals surface area contributed by atoms with E-state index in [1.807, 2.05) is 6.07 Å². The van der Waals surface area contributed by atoms with E-state index in [0.29, 0.717) is 40.3 Å². The number of hydrogen-bond donors (Lipinski definition) is 2. The van der Waals surface area contributed by atoms with E-state index >= 15 is 0 Å². The zero-order valence-electron chi connectivity index (χ0n) is 15.0.